The molecule has 82 valence electrons. The van der Waals surface area contributed by atoms with Crippen molar-refractivity contribution in [2.45, 2.75) is 24.8 Å². The van der Waals surface area contributed by atoms with Crippen molar-refractivity contribution in [1.29, 1.82) is 0 Å². The Kier molecular flexibility index (Phi) is 3.42. The lowest BCUT2D eigenvalue weighted by Crippen LogP contribution is -2.34. The molecule has 0 radical (unpaired) electrons. The highest BCUT2D eigenvalue weighted by Crippen LogP contribution is 2.48. The minimum absolute atomic E-state index is 0.0588. The molecule has 0 aliphatic heterocycles. The lowest BCUT2D eigenvalue weighted by Gasteiger charge is -2.15. The summed E-state index contributed by atoms with van der Waals surface area (Å²) in [4.78, 5) is 12.8. The van der Waals surface area contributed by atoms with Crippen LogP contribution in [0.15, 0.2) is 15.9 Å². The van der Waals surface area contributed by atoms with E-state index in [0.717, 1.165) is 16.6 Å². The van der Waals surface area contributed by atoms with Crippen molar-refractivity contribution in [3.63, 3.8) is 0 Å². The standard InChI is InChI=1S/C10H12BrNOS2/c11-8-2-1-7(15-8)10(4-5-10)12-9(13)3-6-14/h1-2,14H,3-6H2,(H,12,13). The molecule has 1 aliphatic carbocycles. The number of halogens is 1. The molecule has 1 amide bonds. The van der Waals surface area contributed by atoms with Gasteiger partial charge in [0.1, 0.15) is 0 Å². The smallest absolute Gasteiger partial charge is 0.221 e. The van der Waals surface area contributed by atoms with Crippen molar-refractivity contribution in [3.8, 4) is 0 Å². The van der Waals surface area contributed by atoms with Crippen molar-refractivity contribution in [3.05, 3.63) is 20.8 Å². The molecule has 0 saturated heterocycles. The van der Waals surface area contributed by atoms with E-state index < -0.39 is 0 Å². The number of nitrogens with one attached hydrogen (secondary N) is 1. The zero-order valence-corrected chi connectivity index (χ0v) is 11.4. The van der Waals surface area contributed by atoms with E-state index in [1.807, 2.05) is 6.07 Å². The van der Waals surface area contributed by atoms with Gasteiger partial charge in [0, 0.05) is 11.3 Å². The number of hydrogen-bond donors (Lipinski definition) is 2. The van der Waals surface area contributed by atoms with E-state index in [-0.39, 0.29) is 11.4 Å². The predicted octanol–water partition coefficient (Wildman–Crippen LogP) is 2.94. The lowest BCUT2D eigenvalue weighted by molar-refractivity contribution is -0.121. The summed E-state index contributed by atoms with van der Waals surface area (Å²) < 4.78 is 1.12. The van der Waals surface area contributed by atoms with Gasteiger partial charge in [-0.1, -0.05) is 0 Å². The SMILES string of the molecule is O=C(CCS)NC1(c2ccc(Br)s2)CC1. The van der Waals surface area contributed by atoms with Crippen molar-refractivity contribution in [1.82, 2.24) is 5.32 Å². The summed E-state index contributed by atoms with van der Waals surface area (Å²) in [6.07, 6.45) is 2.61. The van der Waals surface area contributed by atoms with E-state index >= 15 is 0 Å². The van der Waals surface area contributed by atoms with Crippen molar-refractivity contribution < 1.29 is 4.79 Å². The monoisotopic (exact) mass is 305 g/mol. The van der Waals surface area contributed by atoms with Crippen LogP contribution in [0, 0.1) is 0 Å². The normalized spacial score (nSPS) is 17.5. The molecule has 2 rings (SSSR count). The summed E-state index contributed by atoms with van der Waals surface area (Å²) in [5.41, 5.74) is -0.0588. The average molecular weight is 306 g/mol. The maximum atomic E-state index is 11.5. The number of hydrogen-bond acceptors (Lipinski definition) is 3. The average Bonchev–Trinajstić information content (AvgIpc) is 2.81. The Labute approximate surface area is 107 Å². The molecular weight excluding hydrogens is 294 g/mol. The Morgan fingerprint density at radius 1 is 1.60 bits per heavy atom. The molecule has 2 nitrogen and oxygen atoms in total. The Bertz CT molecular complexity index is 373. The number of thiophene rings is 1. The Balaban J connectivity index is 2.05. The maximum absolute atomic E-state index is 11.5. The minimum atomic E-state index is -0.0588. The molecule has 1 N–H and O–H groups in total. The Morgan fingerprint density at radius 2 is 2.33 bits per heavy atom. The van der Waals surface area contributed by atoms with Crippen molar-refractivity contribution in [2.75, 3.05) is 5.75 Å². The van der Waals surface area contributed by atoms with Gasteiger partial charge in [0.2, 0.25) is 5.91 Å². The largest absolute Gasteiger partial charge is 0.346 e. The third kappa shape index (κ3) is 2.57. The summed E-state index contributed by atoms with van der Waals surface area (Å²) >= 11 is 9.20. The first-order valence-corrected chi connectivity index (χ1v) is 7.08. The third-order valence-corrected chi connectivity index (χ3v) is 4.56. The fraction of sp³-hybridized carbons (Fsp3) is 0.500. The van der Waals surface area contributed by atoms with Gasteiger partial charge in [0.05, 0.1) is 9.33 Å². The maximum Gasteiger partial charge on any atom is 0.221 e. The Hall–Kier alpha value is -0.0000000000000000833. The van der Waals surface area contributed by atoms with Crippen LogP contribution in [0.5, 0.6) is 0 Å². The third-order valence-electron chi connectivity index (χ3n) is 2.51. The number of carbonyl (C=O) groups is 1. The summed E-state index contributed by atoms with van der Waals surface area (Å²) in [7, 11) is 0. The quantitative estimate of drug-likeness (QED) is 0.823. The zero-order valence-electron chi connectivity index (χ0n) is 8.12. The number of amides is 1. The van der Waals surface area contributed by atoms with Gasteiger partial charge < -0.3 is 5.32 Å². The van der Waals surface area contributed by atoms with Crippen LogP contribution in [0.25, 0.3) is 0 Å². The van der Waals surface area contributed by atoms with Crippen LogP contribution in [0.1, 0.15) is 24.1 Å². The fourth-order valence-corrected chi connectivity index (χ4v) is 3.35. The molecule has 1 saturated carbocycles. The molecule has 1 aromatic heterocycles. The molecule has 0 atom stereocenters. The number of thiol groups is 1. The topological polar surface area (TPSA) is 29.1 Å². The molecule has 0 bridgehead atoms. The molecule has 0 spiro atoms. The van der Waals surface area contributed by atoms with Crippen LogP contribution in [-0.4, -0.2) is 11.7 Å². The fourth-order valence-electron chi connectivity index (χ4n) is 1.56. The van der Waals surface area contributed by atoms with Gasteiger partial charge in [0.25, 0.3) is 0 Å². The van der Waals surface area contributed by atoms with Crippen LogP contribution in [-0.2, 0) is 10.3 Å². The van der Waals surface area contributed by atoms with Gasteiger partial charge >= 0.3 is 0 Å². The second kappa shape index (κ2) is 4.47. The first-order chi connectivity index (χ1) is 7.16. The predicted molar refractivity (Wildman–Crippen MR) is 69.5 cm³/mol. The van der Waals surface area contributed by atoms with Gasteiger partial charge in [-0.05, 0) is 46.7 Å². The zero-order chi connectivity index (χ0) is 10.9. The highest BCUT2D eigenvalue weighted by molar-refractivity contribution is 9.11. The van der Waals surface area contributed by atoms with E-state index in [4.69, 9.17) is 0 Å². The molecule has 1 aliphatic rings. The molecule has 0 unspecified atom stereocenters. The van der Waals surface area contributed by atoms with Crippen LogP contribution in [0.4, 0.5) is 0 Å². The number of carbonyl (C=O) groups excluding carboxylic acids is 1. The van der Waals surface area contributed by atoms with E-state index in [1.54, 1.807) is 11.3 Å². The van der Waals surface area contributed by atoms with Crippen LogP contribution >= 0.6 is 39.9 Å². The molecule has 1 aromatic rings. The van der Waals surface area contributed by atoms with E-state index in [9.17, 15) is 4.79 Å². The van der Waals surface area contributed by atoms with E-state index in [1.165, 1.54) is 4.88 Å². The number of rotatable bonds is 4. The highest BCUT2D eigenvalue weighted by atomic mass is 79.9. The molecule has 0 aromatic carbocycles. The van der Waals surface area contributed by atoms with E-state index in [2.05, 4.69) is 39.9 Å². The Morgan fingerprint density at radius 3 is 2.80 bits per heavy atom. The van der Waals surface area contributed by atoms with Gasteiger partial charge in [-0.2, -0.15) is 12.6 Å². The summed E-state index contributed by atoms with van der Waals surface area (Å²) in [6.45, 7) is 0. The highest BCUT2D eigenvalue weighted by Gasteiger charge is 2.46. The molecule has 15 heavy (non-hydrogen) atoms. The summed E-state index contributed by atoms with van der Waals surface area (Å²) in [5, 5.41) is 3.10. The minimum Gasteiger partial charge on any atom is -0.346 e. The van der Waals surface area contributed by atoms with Gasteiger partial charge in [0.15, 0.2) is 0 Å². The lowest BCUT2D eigenvalue weighted by atomic mass is 10.2. The summed E-state index contributed by atoms with van der Waals surface area (Å²) in [6, 6.07) is 4.12. The summed E-state index contributed by atoms with van der Waals surface area (Å²) in [5.74, 6) is 0.711. The van der Waals surface area contributed by atoms with E-state index in [0.29, 0.717) is 12.2 Å². The second-order valence-corrected chi connectivity index (χ2v) is 6.62. The molecular formula is C10H12BrNOS2. The first kappa shape index (κ1) is 11.5. The molecule has 1 heterocycles. The molecule has 1 fully saturated rings. The van der Waals surface area contributed by atoms with Crippen LogP contribution in [0.3, 0.4) is 0 Å². The molecule has 5 heteroatoms. The van der Waals surface area contributed by atoms with Gasteiger partial charge in [-0.3, -0.25) is 4.79 Å². The van der Waals surface area contributed by atoms with Crippen molar-refractivity contribution in [2.24, 2.45) is 0 Å². The van der Waals surface area contributed by atoms with Gasteiger partial charge in [-0.25, -0.2) is 0 Å². The van der Waals surface area contributed by atoms with Gasteiger partial charge in [-0.15, -0.1) is 11.3 Å². The van der Waals surface area contributed by atoms with Crippen LogP contribution < -0.4 is 5.32 Å². The first-order valence-electron chi connectivity index (χ1n) is 4.84. The van der Waals surface area contributed by atoms with Crippen LogP contribution in [0.2, 0.25) is 0 Å². The second-order valence-electron chi connectivity index (χ2n) is 3.71. The van der Waals surface area contributed by atoms with Crippen molar-refractivity contribution >= 4 is 45.8 Å².